The summed E-state index contributed by atoms with van der Waals surface area (Å²) < 4.78 is 26.9. The number of aromatic nitrogens is 3. The largest absolute Gasteiger partial charge is 0.490 e. The molecule has 0 aliphatic heterocycles. The molecule has 9 heteroatoms. The molecule has 0 spiro atoms. The van der Waals surface area contributed by atoms with Gasteiger partial charge in [0.25, 0.3) is 0 Å². The molecule has 0 radical (unpaired) electrons. The molecule has 1 aromatic heterocycles. The molecule has 0 bridgehead atoms. The highest BCUT2D eigenvalue weighted by atomic mass is 35.5. The molecule has 3 aromatic rings. The van der Waals surface area contributed by atoms with Gasteiger partial charge >= 0.3 is 0 Å². The van der Waals surface area contributed by atoms with Crippen molar-refractivity contribution in [2.45, 2.75) is 20.1 Å². The van der Waals surface area contributed by atoms with Crippen LogP contribution in [0.5, 0.6) is 11.5 Å². The Balaban J connectivity index is 1.78. The molecule has 0 fully saturated rings. The fraction of sp³-hybridized carbons (Fsp3) is 0.222. The summed E-state index contributed by atoms with van der Waals surface area (Å²) in [5.74, 6) is 0.491. The van der Waals surface area contributed by atoms with E-state index in [1.807, 2.05) is 6.92 Å². The zero-order valence-corrected chi connectivity index (χ0v) is 16.0. The molecular weight excluding hydrogens is 394 g/mol. The topological polar surface area (TPSA) is 61.2 Å². The molecule has 2 aromatic carbocycles. The van der Waals surface area contributed by atoms with Gasteiger partial charge in [-0.3, -0.25) is 0 Å². The predicted molar refractivity (Wildman–Crippen MR) is 101 cm³/mol. The molecular formula is C18H17Cl2FN4O2. The third-order valence-electron chi connectivity index (χ3n) is 3.72. The van der Waals surface area contributed by atoms with Crippen molar-refractivity contribution in [3.8, 4) is 11.5 Å². The van der Waals surface area contributed by atoms with E-state index in [0.717, 1.165) is 5.56 Å². The van der Waals surface area contributed by atoms with Gasteiger partial charge in [-0.2, -0.15) is 0 Å². The maximum atomic E-state index is 13.9. The molecule has 3 rings (SSSR count). The Morgan fingerprint density at radius 3 is 2.52 bits per heavy atom. The summed E-state index contributed by atoms with van der Waals surface area (Å²) in [6.07, 6.45) is 3.07. The molecule has 27 heavy (non-hydrogen) atoms. The Hall–Kier alpha value is -2.51. The Labute approximate surface area is 165 Å². The van der Waals surface area contributed by atoms with Gasteiger partial charge in [-0.15, -0.1) is 10.2 Å². The quantitative estimate of drug-likeness (QED) is 0.594. The van der Waals surface area contributed by atoms with Crippen molar-refractivity contribution in [3.63, 3.8) is 0 Å². The molecule has 0 amide bonds. The number of rotatable bonds is 8. The van der Waals surface area contributed by atoms with Crippen molar-refractivity contribution >= 4 is 23.2 Å². The van der Waals surface area contributed by atoms with Gasteiger partial charge in [0.15, 0.2) is 11.5 Å². The van der Waals surface area contributed by atoms with Crippen molar-refractivity contribution in [1.82, 2.24) is 14.9 Å². The molecule has 6 nitrogen and oxygen atoms in total. The summed E-state index contributed by atoms with van der Waals surface area (Å²) in [5.41, 5.74) is 4.16. The van der Waals surface area contributed by atoms with E-state index in [1.165, 1.54) is 18.7 Å². The maximum absolute atomic E-state index is 13.9. The van der Waals surface area contributed by atoms with Gasteiger partial charge in [-0.05, 0) is 30.7 Å². The molecule has 0 saturated carbocycles. The van der Waals surface area contributed by atoms with Crippen LogP contribution in [-0.4, -0.2) is 21.5 Å². The minimum absolute atomic E-state index is 0.0415. The average molecular weight is 411 g/mol. The monoisotopic (exact) mass is 410 g/mol. The van der Waals surface area contributed by atoms with Crippen LogP contribution in [0.3, 0.4) is 0 Å². The number of halogens is 3. The SMILES string of the molecule is CCOc1cc(CNn2cnnc2)c(Cl)cc1OCc1c(F)cccc1Cl. The first-order valence-electron chi connectivity index (χ1n) is 8.18. The maximum Gasteiger partial charge on any atom is 0.163 e. The summed E-state index contributed by atoms with van der Waals surface area (Å²) in [6.45, 7) is 2.69. The zero-order valence-electron chi connectivity index (χ0n) is 14.5. The highest BCUT2D eigenvalue weighted by Gasteiger charge is 2.14. The van der Waals surface area contributed by atoms with Crippen LogP contribution in [0.1, 0.15) is 18.1 Å². The van der Waals surface area contributed by atoms with Crippen LogP contribution in [-0.2, 0) is 13.2 Å². The van der Waals surface area contributed by atoms with Crippen molar-refractivity contribution in [3.05, 3.63) is 70.0 Å². The molecule has 0 aliphatic carbocycles. The lowest BCUT2D eigenvalue weighted by atomic mass is 10.2. The molecule has 0 saturated heterocycles. The van der Waals surface area contributed by atoms with Gasteiger partial charge in [-0.25, -0.2) is 9.07 Å². The van der Waals surface area contributed by atoms with Crippen LogP contribution in [0.25, 0.3) is 0 Å². The van der Waals surface area contributed by atoms with Crippen LogP contribution in [0.4, 0.5) is 4.39 Å². The molecule has 0 atom stereocenters. The standard InChI is InChI=1S/C18H17Cl2FN4O2/c1-2-26-17-6-12(8-24-25-10-22-23-11-25)15(20)7-18(17)27-9-13-14(19)4-3-5-16(13)21/h3-7,10-11,24H,2,8-9H2,1H3. The summed E-state index contributed by atoms with van der Waals surface area (Å²) >= 11 is 12.4. The molecule has 1 heterocycles. The third-order valence-corrected chi connectivity index (χ3v) is 4.42. The van der Waals surface area contributed by atoms with Crippen molar-refractivity contribution in [2.75, 3.05) is 12.0 Å². The summed E-state index contributed by atoms with van der Waals surface area (Å²) in [4.78, 5) is 0. The highest BCUT2D eigenvalue weighted by molar-refractivity contribution is 6.31. The van der Waals surface area contributed by atoms with E-state index in [4.69, 9.17) is 32.7 Å². The van der Waals surface area contributed by atoms with E-state index in [0.29, 0.717) is 34.7 Å². The normalized spacial score (nSPS) is 10.7. The second-order valence-corrected chi connectivity index (χ2v) is 6.33. The Morgan fingerprint density at radius 1 is 1.07 bits per heavy atom. The number of nitrogens with zero attached hydrogens (tertiary/aromatic N) is 3. The van der Waals surface area contributed by atoms with Gasteiger partial charge < -0.3 is 14.9 Å². The first-order chi connectivity index (χ1) is 13.1. The van der Waals surface area contributed by atoms with Crippen molar-refractivity contribution in [2.24, 2.45) is 0 Å². The summed E-state index contributed by atoms with van der Waals surface area (Å²) in [7, 11) is 0. The molecule has 1 N–H and O–H groups in total. The van der Waals surface area contributed by atoms with E-state index in [-0.39, 0.29) is 12.2 Å². The van der Waals surface area contributed by atoms with Crippen LogP contribution < -0.4 is 14.9 Å². The zero-order chi connectivity index (χ0) is 19.2. The number of nitrogens with one attached hydrogen (secondary N) is 1. The van der Waals surface area contributed by atoms with E-state index < -0.39 is 5.82 Å². The van der Waals surface area contributed by atoms with E-state index in [2.05, 4.69) is 15.6 Å². The second kappa shape index (κ2) is 8.92. The summed E-state index contributed by atoms with van der Waals surface area (Å²) in [5, 5.41) is 8.21. The Bertz CT molecular complexity index is 886. The van der Waals surface area contributed by atoms with Crippen molar-refractivity contribution in [1.29, 1.82) is 0 Å². The lowest BCUT2D eigenvalue weighted by Gasteiger charge is -2.16. The second-order valence-electron chi connectivity index (χ2n) is 5.52. The van der Waals surface area contributed by atoms with E-state index in [9.17, 15) is 4.39 Å². The van der Waals surface area contributed by atoms with E-state index in [1.54, 1.807) is 28.9 Å². The van der Waals surface area contributed by atoms with Crippen LogP contribution >= 0.6 is 23.2 Å². The van der Waals surface area contributed by atoms with Gasteiger partial charge in [0.2, 0.25) is 0 Å². The van der Waals surface area contributed by atoms with Crippen LogP contribution in [0.2, 0.25) is 10.0 Å². The number of hydrogen-bond donors (Lipinski definition) is 1. The lowest BCUT2D eigenvalue weighted by molar-refractivity contribution is 0.265. The van der Waals surface area contributed by atoms with Gasteiger partial charge in [0.1, 0.15) is 25.1 Å². The molecule has 0 unspecified atom stereocenters. The minimum atomic E-state index is -0.429. The van der Waals surface area contributed by atoms with Crippen LogP contribution in [0, 0.1) is 5.82 Å². The van der Waals surface area contributed by atoms with Gasteiger partial charge in [0.05, 0.1) is 18.2 Å². The average Bonchev–Trinajstić information content (AvgIpc) is 3.16. The first kappa shape index (κ1) is 19.3. The fourth-order valence-electron chi connectivity index (χ4n) is 2.37. The van der Waals surface area contributed by atoms with Gasteiger partial charge in [-0.1, -0.05) is 29.3 Å². The lowest BCUT2D eigenvalue weighted by Crippen LogP contribution is -2.12. The third kappa shape index (κ3) is 4.81. The minimum Gasteiger partial charge on any atom is -0.490 e. The summed E-state index contributed by atoms with van der Waals surface area (Å²) in [6, 6.07) is 7.91. The number of hydrogen-bond acceptors (Lipinski definition) is 5. The highest BCUT2D eigenvalue weighted by Crippen LogP contribution is 2.35. The molecule has 0 aliphatic rings. The van der Waals surface area contributed by atoms with Gasteiger partial charge in [0, 0.05) is 16.7 Å². The Morgan fingerprint density at radius 2 is 1.81 bits per heavy atom. The number of benzene rings is 2. The Kier molecular flexibility index (Phi) is 6.36. The fourth-order valence-corrected chi connectivity index (χ4v) is 2.81. The predicted octanol–water partition coefficient (Wildman–Crippen LogP) is 4.45. The van der Waals surface area contributed by atoms with Crippen LogP contribution in [0.15, 0.2) is 43.0 Å². The van der Waals surface area contributed by atoms with E-state index >= 15 is 0 Å². The molecule has 142 valence electrons. The smallest absolute Gasteiger partial charge is 0.163 e. The number of ether oxygens (including phenoxy) is 2. The van der Waals surface area contributed by atoms with Crippen molar-refractivity contribution < 1.29 is 13.9 Å². The first-order valence-corrected chi connectivity index (χ1v) is 8.93.